The van der Waals surface area contributed by atoms with Crippen LogP contribution in [-0.2, 0) is 0 Å². The van der Waals surface area contributed by atoms with Gasteiger partial charge in [0, 0.05) is 5.56 Å². The topological polar surface area (TPSA) is 130 Å². The number of tetrazole rings is 1. The first kappa shape index (κ1) is 16.9. The second kappa shape index (κ2) is 6.45. The molecule has 0 saturated carbocycles. The summed E-state index contributed by atoms with van der Waals surface area (Å²) in [7, 11) is 0. The minimum Gasteiger partial charge on any atom is -0.478 e. The predicted octanol–water partition coefficient (Wildman–Crippen LogP) is 3.33. The minimum absolute atomic E-state index is 0.127. The second-order valence-corrected chi connectivity index (χ2v) is 6.74. The first-order valence-electron chi connectivity index (χ1n) is 8.99. The summed E-state index contributed by atoms with van der Waals surface area (Å²) >= 11 is 0. The lowest BCUT2D eigenvalue weighted by Crippen LogP contribution is -2.26. The van der Waals surface area contributed by atoms with Crippen molar-refractivity contribution in [2.75, 3.05) is 11.1 Å². The number of carboxylic acid groups (broad SMARTS) is 1. The number of H-pyrrole nitrogens is 1. The lowest BCUT2D eigenvalue weighted by atomic mass is 9.74. The molecule has 8 heteroatoms. The van der Waals surface area contributed by atoms with Gasteiger partial charge in [0.15, 0.2) is 0 Å². The van der Waals surface area contributed by atoms with Gasteiger partial charge in [-0.25, -0.2) is 4.79 Å². The van der Waals surface area contributed by atoms with Crippen LogP contribution >= 0.6 is 0 Å². The van der Waals surface area contributed by atoms with Gasteiger partial charge in [0.1, 0.15) is 0 Å². The van der Waals surface area contributed by atoms with Crippen LogP contribution in [0.25, 0.3) is 22.5 Å². The van der Waals surface area contributed by atoms with E-state index in [1.165, 1.54) is 6.07 Å². The summed E-state index contributed by atoms with van der Waals surface area (Å²) in [6, 6.07) is 18.6. The van der Waals surface area contributed by atoms with Gasteiger partial charge in [-0.15, -0.1) is 10.2 Å². The maximum Gasteiger partial charge on any atom is 0.337 e. The molecule has 0 spiro atoms. The normalized spacial score (nSPS) is 14.3. The molecule has 4 aromatic rings. The van der Waals surface area contributed by atoms with E-state index in [0.29, 0.717) is 17.2 Å². The number of aromatic nitrogens is 4. The Labute approximate surface area is 165 Å². The Bertz CT molecular complexity index is 1220. The monoisotopic (exact) mass is 384 g/mol. The molecule has 0 saturated heterocycles. The van der Waals surface area contributed by atoms with Crippen LogP contribution in [-0.4, -0.2) is 31.7 Å². The average Bonchev–Trinajstić information content (AvgIpc) is 3.26. The zero-order valence-corrected chi connectivity index (χ0v) is 15.1. The van der Waals surface area contributed by atoms with Crippen molar-refractivity contribution in [1.29, 1.82) is 0 Å². The third kappa shape index (κ3) is 2.61. The molecule has 3 aromatic carbocycles. The van der Waals surface area contributed by atoms with Crippen LogP contribution in [0.1, 0.15) is 27.5 Å². The number of aromatic amines is 1. The Morgan fingerprint density at radius 2 is 1.90 bits per heavy atom. The summed E-state index contributed by atoms with van der Waals surface area (Å²) in [5, 5.41) is 27.3. The number of nitrogens with one attached hydrogen (secondary N) is 2. The number of nitrogens with zero attached hydrogens (tertiary/aromatic N) is 3. The second-order valence-electron chi connectivity index (χ2n) is 6.74. The van der Waals surface area contributed by atoms with Gasteiger partial charge in [0.05, 0.1) is 23.0 Å². The van der Waals surface area contributed by atoms with Crippen molar-refractivity contribution in [2.24, 2.45) is 0 Å². The van der Waals surface area contributed by atoms with Gasteiger partial charge in [-0.3, -0.25) is 0 Å². The number of hydrogen-bond acceptors (Lipinski definition) is 6. The predicted molar refractivity (Wildman–Crippen MR) is 108 cm³/mol. The molecule has 1 aromatic heterocycles. The Morgan fingerprint density at radius 1 is 1.07 bits per heavy atom. The van der Waals surface area contributed by atoms with Gasteiger partial charge in [0.25, 0.3) is 0 Å². The number of rotatable bonds is 5. The number of carboxylic acids is 1. The van der Waals surface area contributed by atoms with E-state index in [1.54, 1.807) is 12.1 Å². The minimum atomic E-state index is -1.04. The lowest BCUT2D eigenvalue weighted by Gasteiger charge is -2.36. The standard InChI is InChI=1S/C21H16N6O2/c22-15-8-4-7-14(21(28)29)18(15)23-19-13-10-9-12(11-5-2-1-3-6-11)16(19)17(13)20-24-26-27-25-20/h1-10,19,23H,22H2,(H,28,29)(H,24,25,26,27). The number of carbonyl (C=O) groups is 1. The first-order valence-corrected chi connectivity index (χ1v) is 8.99. The molecule has 2 aliphatic rings. The van der Waals surface area contributed by atoms with Crippen LogP contribution in [0, 0.1) is 0 Å². The summed E-state index contributed by atoms with van der Waals surface area (Å²) in [5.41, 5.74) is 11.9. The van der Waals surface area contributed by atoms with E-state index in [2.05, 4.69) is 25.9 Å². The van der Waals surface area contributed by atoms with Gasteiger partial charge in [-0.1, -0.05) is 48.5 Å². The summed E-state index contributed by atoms with van der Waals surface area (Å²) in [6.07, 6.45) is 0. The van der Waals surface area contributed by atoms with Gasteiger partial charge >= 0.3 is 5.97 Å². The van der Waals surface area contributed by atoms with E-state index in [9.17, 15) is 9.90 Å². The average molecular weight is 384 g/mol. The van der Waals surface area contributed by atoms with Crippen molar-refractivity contribution in [3.8, 4) is 22.5 Å². The fourth-order valence-corrected chi connectivity index (χ4v) is 3.84. The molecule has 6 rings (SSSR count). The van der Waals surface area contributed by atoms with Crippen LogP contribution in [0.2, 0.25) is 0 Å². The lowest BCUT2D eigenvalue weighted by molar-refractivity contribution is 0.0698. The fourth-order valence-electron chi connectivity index (χ4n) is 3.84. The van der Waals surface area contributed by atoms with E-state index < -0.39 is 5.97 Å². The molecule has 142 valence electrons. The van der Waals surface area contributed by atoms with Crippen molar-refractivity contribution in [1.82, 2.24) is 20.6 Å². The summed E-state index contributed by atoms with van der Waals surface area (Å²) in [6.45, 7) is 0. The third-order valence-electron chi connectivity index (χ3n) is 5.15. The SMILES string of the molecule is Nc1cccc(C(=O)O)c1NC1C2=C(c3nn[nH]n3)C1=C(c1ccccc1)C=C2. The third-order valence-corrected chi connectivity index (χ3v) is 5.15. The molecule has 1 heterocycles. The van der Waals surface area contributed by atoms with Gasteiger partial charge in [0.2, 0.25) is 5.82 Å². The molecule has 1 unspecified atom stereocenters. The zero-order chi connectivity index (χ0) is 20.0. The Morgan fingerprint density at radius 3 is 2.62 bits per heavy atom. The number of fused-ring (bicyclic) bond motifs is 2. The van der Waals surface area contributed by atoms with Crippen LogP contribution in [0.4, 0.5) is 11.4 Å². The quantitative estimate of drug-likeness (QED) is 0.388. The van der Waals surface area contributed by atoms with Crippen molar-refractivity contribution >= 4 is 17.3 Å². The number of aromatic carboxylic acids is 1. The molecular weight excluding hydrogens is 368 g/mol. The van der Waals surface area contributed by atoms with Gasteiger partial charge in [-0.2, -0.15) is 5.21 Å². The highest BCUT2D eigenvalue weighted by molar-refractivity contribution is 5.98. The van der Waals surface area contributed by atoms with Gasteiger partial charge < -0.3 is 16.2 Å². The maximum atomic E-state index is 11.7. The molecule has 1 atom stereocenters. The van der Waals surface area contributed by atoms with Crippen LogP contribution in [0.15, 0.2) is 60.7 Å². The molecule has 0 aliphatic heterocycles. The molecule has 0 fully saturated rings. The zero-order valence-electron chi connectivity index (χ0n) is 15.1. The van der Waals surface area contributed by atoms with Crippen LogP contribution in [0.5, 0.6) is 0 Å². The molecule has 0 amide bonds. The van der Waals surface area contributed by atoms with E-state index in [4.69, 9.17) is 5.73 Å². The summed E-state index contributed by atoms with van der Waals surface area (Å²) in [5.74, 6) is -0.533. The van der Waals surface area contributed by atoms with Crippen molar-refractivity contribution < 1.29 is 9.90 Å². The number of para-hydroxylation sites is 1. The van der Waals surface area contributed by atoms with E-state index in [-0.39, 0.29) is 11.6 Å². The largest absolute Gasteiger partial charge is 0.478 e. The highest BCUT2D eigenvalue weighted by atomic mass is 16.4. The van der Waals surface area contributed by atoms with E-state index in [1.807, 2.05) is 42.5 Å². The smallest absolute Gasteiger partial charge is 0.337 e. The number of hydrogen-bond donors (Lipinski definition) is 4. The number of nitrogens with two attached hydrogens (primary N) is 1. The fraction of sp³-hybridized carbons (Fsp3) is 0.0476. The van der Waals surface area contributed by atoms with Crippen molar-refractivity contribution in [2.45, 2.75) is 6.04 Å². The Balaban J connectivity index is 1.64. The Kier molecular flexibility index (Phi) is 3.77. The molecule has 29 heavy (non-hydrogen) atoms. The first-order chi connectivity index (χ1) is 14.1. The highest BCUT2D eigenvalue weighted by Crippen LogP contribution is 2.51. The molecule has 5 N–H and O–H groups in total. The van der Waals surface area contributed by atoms with E-state index >= 15 is 0 Å². The van der Waals surface area contributed by atoms with Crippen molar-refractivity contribution in [3.05, 3.63) is 77.4 Å². The molecule has 8 nitrogen and oxygen atoms in total. The van der Waals surface area contributed by atoms with Gasteiger partial charge in [-0.05, 0) is 39.6 Å². The van der Waals surface area contributed by atoms with E-state index in [0.717, 1.165) is 27.8 Å². The van der Waals surface area contributed by atoms with Crippen molar-refractivity contribution in [3.63, 3.8) is 0 Å². The maximum absolute atomic E-state index is 11.7. The molecule has 0 radical (unpaired) electrons. The Hall–Kier alpha value is -4.20. The molecular formula is C21H16N6O2. The number of nitrogen functional groups attached to an aromatic ring is 1. The van der Waals surface area contributed by atoms with Crippen LogP contribution < -0.4 is 11.1 Å². The summed E-state index contributed by atoms with van der Waals surface area (Å²) in [4.78, 5) is 11.7. The number of benzene rings is 3. The summed E-state index contributed by atoms with van der Waals surface area (Å²) < 4.78 is 0. The van der Waals surface area contributed by atoms with Crippen LogP contribution in [0.3, 0.4) is 0 Å². The highest BCUT2D eigenvalue weighted by Gasteiger charge is 2.37. The number of anilines is 2. The molecule has 2 bridgehead atoms. The molecule has 2 aliphatic carbocycles.